The molecule has 2 heterocycles. The van der Waals surface area contributed by atoms with Gasteiger partial charge in [0.1, 0.15) is 0 Å². The van der Waals surface area contributed by atoms with Crippen LogP contribution in [0, 0.1) is 0 Å². The number of aromatic nitrogens is 2. The van der Waals surface area contributed by atoms with Crippen molar-refractivity contribution in [1.29, 1.82) is 0 Å². The third-order valence-electron chi connectivity index (χ3n) is 4.13. The van der Waals surface area contributed by atoms with Gasteiger partial charge in [-0.2, -0.15) is 0 Å². The maximum Gasteiger partial charge on any atom is 0.0945 e. The Hall–Kier alpha value is -0.870. The standard InChI is InChI=1S/C15H28N4/c1-3-5-15-12-19(14(2)6-7-17-15)10-4-9-18-11-8-16-13-18/h8,11,13-15,17H,3-7,9-10,12H2,1-2H3. The first-order valence-corrected chi connectivity index (χ1v) is 7.72. The largest absolute Gasteiger partial charge is 0.337 e. The van der Waals surface area contributed by atoms with E-state index in [0.29, 0.717) is 12.1 Å². The molecule has 4 heteroatoms. The molecule has 0 aromatic carbocycles. The lowest BCUT2D eigenvalue weighted by Crippen LogP contribution is -2.40. The number of hydrogen-bond acceptors (Lipinski definition) is 3. The van der Waals surface area contributed by atoms with E-state index >= 15 is 0 Å². The van der Waals surface area contributed by atoms with Gasteiger partial charge in [0, 0.05) is 44.1 Å². The lowest BCUT2D eigenvalue weighted by Gasteiger charge is -2.29. The summed E-state index contributed by atoms with van der Waals surface area (Å²) in [5.74, 6) is 0. The fourth-order valence-electron chi connectivity index (χ4n) is 2.94. The van der Waals surface area contributed by atoms with Crippen LogP contribution < -0.4 is 5.32 Å². The van der Waals surface area contributed by atoms with Crippen LogP contribution in [0.15, 0.2) is 18.7 Å². The summed E-state index contributed by atoms with van der Waals surface area (Å²) in [5.41, 5.74) is 0. The van der Waals surface area contributed by atoms with E-state index in [9.17, 15) is 0 Å². The minimum atomic E-state index is 0.684. The van der Waals surface area contributed by atoms with Gasteiger partial charge in [0.05, 0.1) is 6.33 Å². The highest BCUT2D eigenvalue weighted by Crippen LogP contribution is 2.12. The van der Waals surface area contributed by atoms with Crippen LogP contribution in [0.25, 0.3) is 0 Å². The highest BCUT2D eigenvalue weighted by molar-refractivity contribution is 4.81. The second-order valence-corrected chi connectivity index (χ2v) is 5.73. The molecule has 1 N–H and O–H groups in total. The number of hydrogen-bond donors (Lipinski definition) is 1. The van der Waals surface area contributed by atoms with Gasteiger partial charge >= 0.3 is 0 Å². The summed E-state index contributed by atoms with van der Waals surface area (Å²) in [6.07, 6.45) is 10.9. The monoisotopic (exact) mass is 264 g/mol. The van der Waals surface area contributed by atoms with Crippen molar-refractivity contribution in [3.8, 4) is 0 Å². The van der Waals surface area contributed by atoms with Gasteiger partial charge in [0.15, 0.2) is 0 Å². The van der Waals surface area contributed by atoms with E-state index < -0.39 is 0 Å². The van der Waals surface area contributed by atoms with E-state index in [0.717, 1.165) is 6.54 Å². The number of nitrogens with zero attached hydrogens (tertiary/aromatic N) is 3. The number of aryl methyl sites for hydroxylation is 1. The predicted octanol–water partition coefficient (Wildman–Crippen LogP) is 2.13. The fraction of sp³-hybridized carbons (Fsp3) is 0.800. The average molecular weight is 264 g/mol. The van der Waals surface area contributed by atoms with E-state index in [2.05, 4.69) is 33.6 Å². The SMILES string of the molecule is CCCC1CN(CCCn2ccnc2)C(C)CCN1. The molecule has 0 aliphatic carbocycles. The molecule has 4 nitrogen and oxygen atoms in total. The maximum atomic E-state index is 4.09. The Morgan fingerprint density at radius 3 is 3.00 bits per heavy atom. The molecule has 1 fully saturated rings. The maximum absolute atomic E-state index is 4.09. The molecular formula is C15H28N4. The smallest absolute Gasteiger partial charge is 0.0945 e. The first-order valence-electron chi connectivity index (χ1n) is 7.72. The van der Waals surface area contributed by atoms with E-state index in [4.69, 9.17) is 0 Å². The average Bonchev–Trinajstić information content (AvgIpc) is 2.84. The van der Waals surface area contributed by atoms with Crippen LogP contribution in [-0.2, 0) is 6.54 Å². The Morgan fingerprint density at radius 2 is 2.26 bits per heavy atom. The van der Waals surface area contributed by atoms with Crippen molar-refractivity contribution < 1.29 is 0 Å². The van der Waals surface area contributed by atoms with Crippen LogP contribution in [0.4, 0.5) is 0 Å². The van der Waals surface area contributed by atoms with Crippen molar-refractivity contribution in [2.45, 2.75) is 58.2 Å². The molecule has 1 aromatic heterocycles. The number of nitrogens with one attached hydrogen (secondary N) is 1. The van der Waals surface area contributed by atoms with Gasteiger partial charge in [-0.25, -0.2) is 4.98 Å². The van der Waals surface area contributed by atoms with Gasteiger partial charge < -0.3 is 9.88 Å². The quantitative estimate of drug-likeness (QED) is 0.854. The summed E-state index contributed by atoms with van der Waals surface area (Å²) in [7, 11) is 0. The number of rotatable bonds is 6. The van der Waals surface area contributed by atoms with E-state index in [1.54, 1.807) is 0 Å². The zero-order valence-corrected chi connectivity index (χ0v) is 12.4. The summed E-state index contributed by atoms with van der Waals surface area (Å²) in [4.78, 5) is 6.76. The van der Waals surface area contributed by atoms with Gasteiger partial charge in [-0.15, -0.1) is 0 Å². The fourth-order valence-corrected chi connectivity index (χ4v) is 2.94. The summed E-state index contributed by atoms with van der Waals surface area (Å²) >= 11 is 0. The molecule has 1 aromatic rings. The van der Waals surface area contributed by atoms with Crippen LogP contribution in [0.3, 0.4) is 0 Å². The first-order chi connectivity index (χ1) is 9.29. The molecule has 0 radical (unpaired) electrons. The third-order valence-corrected chi connectivity index (χ3v) is 4.13. The van der Waals surface area contributed by atoms with Gasteiger partial charge in [-0.05, 0) is 32.7 Å². The van der Waals surface area contributed by atoms with Gasteiger partial charge in [-0.1, -0.05) is 13.3 Å². The molecule has 2 unspecified atom stereocenters. The molecule has 108 valence electrons. The Bertz CT molecular complexity index is 336. The molecular weight excluding hydrogens is 236 g/mol. The highest BCUT2D eigenvalue weighted by Gasteiger charge is 2.21. The second-order valence-electron chi connectivity index (χ2n) is 5.73. The van der Waals surface area contributed by atoms with Crippen molar-refractivity contribution in [2.24, 2.45) is 0 Å². The lowest BCUT2D eigenvalue weighted by atomic mass is 10.1. The summed E-state index contributed by atoms with van der Waals surface area (Å²) in [5, 5.41) is 3.69. The van der Waals surface area contributed by atoms with E-state index in [1.165, 1.54) is 45.3 Å². The van der Waals surface area contributed by atoms with Gasteiger partial charge in [0.2, 0.25) is 0 Å². The molecule has 0 saturated carbocycles. The summed E-state index contributed by atoms with van der Waals surface area (Å²) in [6, 6.07) is 1.39. The van der Waals surface area contributed by atoms with E-state index in [-0.39, 0.29) is 0 Å². The molecule has 0 bridgehead atoms. The zero-order chi connectivity index (χ0) is 13.5. The molecule has 0 spiro atoms. The first kappa shape index (κ1) is 14.5. The highest BCUT2D eigenvalue weighted by atomic mass is 15.2. The minimum absolute atomic E-state index is 0.684. The zero-order valence-electron chi connectivity index (χ0n) is 12.4. The van der Waals surface area contributed by atoms with Crippen molar-refractivity contribution in [2.75, 3.05) is 19.6 Å². The Labute approximate surface area is 117 Å². The normalized spacial score (nSPS) is 25.4. The summed E-state index contributed by atoms with van der Waals surface area (Å²) < 4.78 is 2.17. The summed E-state index contributed by atoms with van der Waals surface area (Å²) in [6.45, 7) is 9.30. The third kappa shape index (κ3) is 4.62. The van der Waals surface area contributed by atoms with Crippen LogP contribution >= 0.6 is 0 Å². The second kappa shape index (κ2) is 7.65. The topological polar surface area (TPSA) is 33.1 Å². The molecule has 2 atom stereocenters. The molecule has 1 aliphatic rings. The van der Waals surface area contributed by atoms with Crippen molar-refractivity contribution in [1.82, 2.24) is 19.8 Å². The molecule has 0 amide bonds. The van der Waals surface area contributed by atoms with Crippen LogP contribution in [0.2, 0.25) is 0 Å². The Kier molecular flexibility index (Phi) is 5.86. The van der Waals surface area contributed by atoms with Crippen molar-refractivity contribution in [3.63, 3.8) is 0 Å². The molecule has 2 rings (SSSR count). The van der Waals surface area contributed by atoms with Gasteiger partial charge in [-0.3, -0.25) is 4.90 Å². The van der Waals surface area contributed by atoms with Gasteiger partial charge in [0.25, 0.3) is 0 Å². The molecule has 1 aliphatic heterocycles. The van der Waals surface area contributed by atoms with Crippen LogP contribution in [0.1, 0.15) is 39.5 Å². The van der Waals surface area contributed by atoms with Crippen molar-refractivity contribution in [3.05, 3.63) is 18.7 Å². The number of imidazole rings is 1. The molecule has 19 heavy (non-hydrogen) atoms. The minimum Gasteiger partial charge on any atom is -0.337 e. The van der Waals surface area contributed by atoms with Crippen molar-refractivity contribution >= 4 is 0 Å². The van der Waals surface area contributed by atoms with Crippen LogP contribution in [0.5, 0.6) is 0 Å². The lowest BCUT2D eigenvalue weighted by molar-refractivity contribution is 0.196. The van der Waals surface area contributed by atoms with Crippen LogP contribution in [-0.4, -0.2) is 46.2 Å². The van der Waals surface area contributed by atoms with E-state index in [1.807, 2.05) is 18.7 Å². The Morgan fingerprint density at radius 1 is 1.37 bits per heavy atom. The predicted molar refractivity (Wildman–Crippen MR) is 79.2 cm³/mol. The molecule has 1 saturated heterocycles. The Balaban J connectivity index is 1.78.